The molecule has 0 aromatic carbocycles. The van der Waals surface area contributed by atoms with Gasteiger partial charge < -0.3 is 9.72 Å². The van der Waals surface area contributed by atoms with Crippen LogP contribution in [0.25, 0.3) is 11.0 Å². The molecule has 0 atom stereocenters. The summed E-state index contributed by atoms with van der Waals surface area (Å²) in [6.07, 6.45) is 1.94. The summed E-state index contributed by atoms with van der Waals surface area (Å²) in [6.45, 7) is 3.77. The van der Waals surface area contributed by atoms with Crippen molar-refractivity contribution >= 4 is 22.9 Å². The molecule has 0 saturated carbocycles. The number of fused-ring (bicyclic) bond motifs is 1. The van der Waals surface area contributed by atoms with Crippen LogP contribution in [0.1, 0.15) is 23.2 Å². The molecule has 3 heterocycles. The molecule has 27 heavy (non-hydrogen) atoms. The van der Waals surface area contributed by atoms with E-state index >= 15 is 0 Å². The molecule has 0 radical (unpaired) electrons. The van der Waals surface area contributed by atoms with Crippen LogP contribution in [0.15, 0.2) is 17.1 Å². The first kappa shape index (κ1) is 18.4. The Hall–Kier alpha value is -3.43. The standard InChI is InChI=1S/C17H21N7O3/c1-9-11(16(26)20-15-14(9)10(2)23-24(15)3)5-6-12(25)21-22-17-18-8-7-13(19-17)27-4/h7-8H,5-6H2,1-4H3,(H,20,26)(H,21,25)(H,18,19,22). The van der Waals surface area contributed by atoms with Crippen molar-refractivity contribution in [3.63, 3.8) is 0 Å². The number of carbonyl (C=O) groups excluding carboxylic acids is 1. The Balaban J connectivity index is 1.68. The van der Waals surface area contributed by atoms with Crippen LogP contribution < -0.4 is 21.1 Å². The highest BCUT2D eigenvalue weighted by Crippen LogP contribution is 2.21. The summed E-state index contributed by atoms with van der Waals surface area (Å²) in [4.78, 5) is 35.4. The number of hydrogen-bond acceptors (Lipinski definition) is 7. The number of amides is 1. The zero-order valence-corrected chi connectivity index (χ0v) is 15.6. The van der Waals surface area contributed by atoms with Gasteiger partial charge in [0, 0.05) is 36.7 Å². The second-order valence-corrected chi connectivity index (χ2v) is 6.09. The molecule has 0 saturated heterocycles. The normalized spacial score (nSPS) is 10.8. The summed E-state index contributed by atoms with van der Waals surface area (Å²) in [5.41, 5.74) is 7.87. The highest BCUT2D eigenvalue weighted by Gasteiger charge is 2.16. The number of aromatic nitrogens is 5. The van der Waals surface area contributed by atoms with Crippen LogP contribution in [-0.4, -0.2) is 37.7 Å². The van der Waals surface area contributed by atoms with Gasteiger partial charge in [0.05, 0.1) is 12.8 Å². The minimum atomic E-state index is -0.289. The van der Waals surface area contributed by atoms with Gasteiger partial charge in [0.1, 0.15) is 5.65 Å². The van der Waals surface area contributed by atoms with Crippen LogP contribution in [0.4, 0.5) is 5.95 Å². The maximum atomic E-state index is 12.4. The van der Waals surface area contributed by atoms with E-state index in [1.54, 1.807) is 17.8 Å². The number of nitrogens with one attached hydrogen (secondary N) is 3. The quantitative estimate of drug-likeness (QED) is 0.546. The van der Waals surface area contributed by atoms with Gasteiger partial charge in [-0.05, 0) is 25.8 Å². The Labute approximate surface area is 154 Å². The van der Waals surface area contributed by atoms with Gasteiger partial charge in [0.25, 0.3) is 5.56 Å². The van der Waals surface area contributed by atoms with Gasteiger partial charge in [-0.25, -0.2) is 4.98 Å². The van der Waals surface area contributed by atoms with Gasteiger partial charge in [-0.2, -0.15) is 10.1 Å². The molecule has 3 aromatic rings. The molecule has 10 nitrogen and oxygen atoms in total. The van der Waals surface area contributed by atoms with Crippen molar-refractivity contribution in [2.45, 2.75) is 26.7 Å². The van der Waals surface area contributed by atoms with E-state index in [0.717, 1.165) is 16.6 Å². The number of H-pyrrole nitrogens is 1. The van der Waals surface area contributed by atoms with Crippen LogP contribution in [0, 0.1) is 13.8 Å². The minimum absolute atomic E-state index is 0.131. The third-order valence-corrected chi connectivity index (χ3v) is 4.31. The molecule has 142 valence electrons. The number of anilines is 1. The fourth-order valence-electron chi connectivity index (χ4n) is 3.00. The summed E-state index contributed by atoms with van der Waals surface area (Å²) in [5, 5.41) is 5.25. The summed E-state index contributed by atoms with van der Waals surface area (Å²) >= 11 is 0. The minimum Gasteiger partial charge on any atom is -0.481 e. The first-order valence-electron chi connectivity index (χ1n) is 8.37. The van der Waals surface area contributed by atoms with E-state index in [9.17, 15) is 9.59 Å². The predicted octanol–water partition coefficient (Wildman–Crippen LogP) is 0.753. The van der Waals surface area contributed by atoms with E-state index in [2.05, 4.69) is 30.9 Å². The monoisotopic (exact) mass is 371 g/mol. The van der Waals surface area contributed by atoms with E-state index in [-0.39, 0.29) is 23.8 Å². The van der Waals surface area contributed by atoms with Gasteiger partial charge in [-0.1, -0.05) is 0 Å². The third-order valence-electron chi connectivity index (χ3n) is 4.31. The fourth-order valence-corrected chi connectivity index (χ4v) is 3.00. The highest BCUT2D eigenvalue weighted by atomic mass is 16.5. The first-order chi connectivity index (χ1) is 12.9. The molecule has 3 N–H and O–H groups in total. The number of aryl methyl sites for hydroxylation is 3. The Morgan fingerprint density at radius 1 is 1.37 bits per heavy atom. The van der Waals surface area contributed by atoms with Crippen molar-refractivity contribution in [1.82, 2.24) is 30.2 Å². The number of carbonyl (C=O) groups is 1. The molecule has 3 rings (SSSR count). The Morgan fingerprint density at radius 3 is 2.89 bits per heavy atom. The lowest BCUT2D eigenvalue weighted by Gasteiger charge is -2.09. The average Bonchev–Trinajstić information content (AvgIpc) is 2.93. The topological polar surface area (TPSA) is 127 Å². The molecular formula is C17H21N7O3. The zero-order chi connectivity index (χ0) is 19.6. The number of hydrazine groups is 1. The van der Waals surface area contributed by atoms with E-state index < -0.39 is 0 Å². The van der Waals surface area contributed by atoms with Gasteiger partial charge in [0.2, 0.25) is 17.7 Å². The molecule has 0 aliphatic carbocycles. The van der Waals surface area contributed by atoms with Crippen LogP contribution in [-0.2, 0) is 18.3 Å². The number of aromatic amines is 1. The van der Waals surface area contributed by atoms with Gasteiger partial charge in [0.15, 0.2) is 0 Å². The molecule has 0 spiro atoms. The molecule has 10 heteroatoms. The van der Waals surface area contributed by atoms with E-state index in [1.165, 1.54) is 13.3 Å². The first-order valence-corrected chi connectivity index (χ1v) is 8.37. The van der Waals surface area contributed by atoms with E-state index in [4.69, 9.17) is 4.74 Å². The smallest absolute Gasteiger partial charge is 0.253 e. The molecule has 3 aromatic heterocycles. The second-order valence-electron chi connectivity index (χ2n) is 6.09. The zero-order valence-electron chi connectivity index (χ0n) is 15.6. The molecule has 0 aliphatic rings. The van der Waals surface area contributed by atoms with Crippen molar-refractivity contribution in [1.29, 1.82) is 0 Å². The van der Waals surface area contributed by atoms with Gasteiger partial charge in [-0.15, -0.1) is 0 Å². The predicted molar refractivity (Wildman–Crippen MR) is 99.5 cm³/mol. The van der Waals surface area contributed by atoms with E-state index in [1.807, 2.05) is 13.8 Å². The van der Waals surface area contributed by atoms with Crippen LogP contribution >= 0.6 is 0 Å². The third kappa shape index (κ3) is 3.73. The van der Waals surface area contributed by atoms with Gasteiger partial charge >= 0.3 is 0 Å². The molecule has 0 bridgehead atoms. The molecule has 0 unspecified atom stereocenters. The lowest BCUT2D eigenvalue weighted by Crippen LogP contribution is -2.31. The Kier molecular flexibility index (Phi) is 5.06. The lowest BCUT2D eigenvalue weighted by atomic mass is 10.0. The van der Waals surface area contributed by atoms with Crippen LogP contribution in [0.2, 0.25) is 0 Å². The molecule has 0 aliphatic heterocycles. The summed E-state index contributed by atoms with van der Waals surface area (Å²) in [6, 6.07) is 1.60. The maximum absolute atomic E-state index is 12.4. The SMILES string of the molecule is COc1ccnc(NNC(=O)CCc2c(C)c3c(C)nn(C)c3[nH]c2=O)n1. The molecular weight excluding hydrogens is 350 g/mol. The summed E-state index contributed by atoms with van der Waals surface area (Å²) in [5.74, 6) is 0.302. The number of hydrogen-bond donors (Lipinski definition) is 3. The maximum Gasteiger partial charge on any atom is 0.253 e. The van der Waals surface area contributed by atoms with Gasteiger partial charge in [-0.3, -0.25) is 25.1 Å². The Morgan fingerprint density at radius 2 is 2.15 bits per heavy atom. The molecule has 1 amide bonds. The van der Waals surface area contributed by atoms with Crippen LogP contribution in [0.5, 0.6) is 5.88 Å². The number of rotatable bonds is 6. The van der Waals surface area contributed by atoms with Crippen molar-refractivity contribution in [2.75, 3.05) is 12.5 Å². The van der Waals surface area contributed by atoms with E-state index in [0.29, 0.717) is 23.5 Å². The Bertz CT molecular complexity index is 1050. The van der Waals surface area contributed by atoms with Crippen molar-refractivity contribution in [3.8, 4) is 5.88 Å². The number of nitrogens with zero attached hydrogens (tertiary/aromatic N) is 4. The van der Waals surface area contributed by atoms with Crippen LogP contribution in [0.3, 0.4) is 0 Å². The van der Waals surface area contributed by atoms with Crippen molar-refractivity contribution < 1.29 is 9.53 Å². The number of methoxy groups -OCH3 is 1. The largest absolute Gasteiger partial charge is 0.481 e. The fraction of sp³-hybridized carbons (Fsp3) is 0.353. The highest BCUT2D eigenvalue weighted by molar-refractivity contribution is 5.83. The lowest BCUT2D eigenvalue weighted by molar-refractivity contribution is -0.120. The van der Waals surface area contributed by atoms with Crippen molar-refractivity contribution in [3.05, 3.63) is 39.4 Å². The molecule has 0 fully saturated rings. The van der Waals surface area contributed by atoms with Crippen molar-refractivity contribution in [2.24, 2.45) is 7.05 Å². The average molecular weight is 371 g/mol. The number of pyridine rings is 1. The summed E-state index contributed by atoms with van der Waals surface area (Å²) < 4.78 is 6.64. The second kappa shape index (κ2) is 7.44. The number of ether oxygens (including phenoxy) is 1. The summed E-state index contributed by atoms with van der Waals surface area (Å²) in [7, 11) is 3.27.